The number of halogens is 2. The number of unbranched alkanes of at least 4 members (excludes halogenated alkanes) is 1. The zero-order chi connectivity index (χ0) is 23.0. The minimum atomic E-state index is -0.119. The van der Waals surface area contributed by atoms with Gasteiger partial charge < -0.3 is 14.6 Å². The lowest BCUT2D eigenvalue weighted by atomic mass is 10.2. The Balaban J connectivity index is 1.33. The number of nitrogens with zero attached hydrogens (tertiary/aromatic N) is 2. The standard InChI is InChI=1S/C26H25Cl2N3O2/c27-20-13-11-19(12-14-20)26(32)29-16-15-25-30-22-8-2-3-9-23(22)31(25)17-5-6-18-33-24-10-4-1-7-21(24)28/h1-4,7-14H,5-6,15-18H2,(H,29,32). The quantitative estimate of drug-likeness (QED) is 0.275. The second-order valence-corrected chi connectivity index (χ2v) is 8.51. The van der Waals surface area contributed by atoms with E-state index in [1.165, 1.54) is 0 Å². The van der Waals surface area contributed by atoms with E-state index in [4.69, 9.17) is 32.9 Å². The van der Waals surface area contributed by atoms with Crippen molar-refractivity contribution in [2.24, 2.45) is 0 Å². The molecule has 3 aromatic carbocycles. The Morgan fingerprint density at radius 2 is 1.70 bits per heavy atom. The van der Waals surface area contributed by atoms with Gasteiger partial charge in [-0.3, -0.25) is 4.79 Å². The summed E-state index contributed by atoms with van der Waals surface area (Å²) in [6, 6.07) is 22.5. The van der Waals surface area contributed by atoms with Gasteiger partial charge in [0.25, 0.3) is 5.91 Å². The van der Waals surface area contributed by atoms with E-state index < -0.39 is 0 Å². The number of carbonyl (C=O) groups excluding carboxylic acids is 1. The summed E-state index contributed by atoms with van der Waals surface area (Å²) in [6.07, 6.45) is 2.48. The summed E-state index contributed by atoms with van der Waals surface area (Å²) < 4.78 is 8.04. The molecule has 0 spiro atoms. The van der Waals surface area contributed by atoms with Crippen LogP contribution in [0.3, 0.4) is 0 Å². The molecule has 0 aliphatic carbocycles. The van der Waals surface area contributed by atoms with Gasteiger partial charge in [0.2, 0.25) is 0 Å². The summed E-state index contributed by atoms with van der Waals surface area (Å²) in [5.74, 6) is 1.55. The number of rotatable bonds is 10. The molecule has 0 aliphatic rings. The van der Waals surface area contributed by atoms with E-state index >= 15 is 0 Å². The SMILES string of the molecule is O=C(NCCc1nc2ccccc2n1CCCCOc1ccccc1Cl)c1ccc(Cl)cc1. The zero-order valence-corrected chi connectivity index (χ0v) is 19.6. The first-order valence-electron chi connectivity index (χ1n) is 11.0. The van der Waals surface area contributed by atoms with Crippen LogP contribution in [0.5, 0.6) is 5.75 Å². The van der Waals surface area contributed by atoms with E-state index in [9.17, 15) is 4.79 Å². The molecule has 5 nitrogen and oxygen atoms in total. The van der Waals surface area contributed by atoms with Crippen LogP contribution in [-0.4, -0.2) is 28.6 Å². The van der Waals surface area contributed by atoms with Crippen molar-refractivity contribution in [3.05, 3.63) is 94.2 Å². The van der Waals surface area contributed by atoms with E-state index in [-0.39, 0.29) is 5.91 Å². The fourth-order valence-corrected chi connectivity index (χ4v) is 3.99. The minimum absolute atomic E-state index is 0.119. The van der Waals surface area contributed by atoms with Crippen LogP contribution in [-0.2, 0) is 13.0 Å². The van der Waals surface area contributed by atoms with Crippen LogP contribution in [0.1, 0.15) is 29.0 Å². The number of aromatic nitrogens is 2. The Morgan fingerprint density at radius 3 is 2.52 bits per heavy atom. The molecule has 0 fully saturated rings. The first-order chi connectivity index (χ1) is 16.1. The maximum atomic E-state index is 12.4. The highest BCUT2D eigenvalue weighted by atomic mass is 35.5. The third-order valence-electron chi connectivity index (χ3n) is 5.34. The average Bonchev–Trinajstić information content (AvgIpc) is 3.17. The van der Waals surface area contributed by atoms with Crippen LogP contribution >= 0.6 is 23.2 Å². The molecule has 0 radical (unpaired) electrons. The number of aryl methyl sites for hydroxylation is 1. The monoisotopic (exact) mass is 481 g/mol. The third kappa shape index (κ3) is 6.06. The van der Waals surface area contributed by atoms with Crippen molar-refractivity contribution < 1.29 is 9.53 Å². The Hall–Kier alpha value is -3.02. The molecule has 1 amide bonds. The summed E-state index contributed by atoms with van der Waals surface area (Å²) >= 11 is 12.0. The molecule has 7 heteroatoms. The molecule has 0 unspecified atom stereocenters. The highest BCUT2D eigenvalue weighted by Gasteiger charge is 2.11. The Morgan fingerprint density at radius 1 is 0.939 bits per heavy atom. The predicted octanol–water partition coefficient (Wildman–Crippen LogP) is 6.17. The number of amides is 1. The van der Waals surface area contributed by atoms with Crippen molar-refractivity contribution in [3.8, 4) is 5.75 Å². The molecule has 1 aromatic heterocycles. The second-order valence-electron chi connectivity index (χ2n) is 7.67. The number of imidazole rings is 1. The summed E-state index contributed by atoms with van der Waals surface area (Å²) in [4.78, 5) is 17.2. The highest BCUT2D eigenvalue weighted by Crippen LogP contribution is 2.23. The van der Waals surface area contributed by atoms with Gasteiger partial charge in [-0.15, -0.1) is 0 Å². The molecule has 0 atom stereocenters. The van der Waals surface area contributed by atoms with Gasteiger partial charge in [-0.25, -0.2) is 4.98 Å². The van der Waals surface area contributed by atoms with Crippen molar-refractivity contribution in [2.75, 3.05) is 13.2 Å². The van der Waals surface area contributed by atoms with Gasteiger partial charge in [0, 0.05) is 30.1 Å². The number of ether oxygens (including phenoxy) is 1. The highest BCUT2D eigenvalue weighted by molar-refractivity contribution is 6.32. The lowest BCUT2D eigenvalue weighted by molar-refractivity contribution is 0.0954. The van der Waals surface area contributed by atoms with E-state index in [0.29, 0.717) is 40.9 Å². The molecule has 0 bridgehead atoms. The number of carbonyl (C=O) groups is 1. The fraction of sp³-hybridized carbons (Fsp3) is 0.231. The average molecular weight is 482 g/mol. The van der Waals surface area contributed by atoms with Gasteiger partial charge in [-0.1, -0.05) is 47.5 Å². The van der Waals surface area contributed by atoms with E-state index in [0.717, 1.165) is 36.2 Å². The fourth-order valence-electron chi connectivity index (χ4n) is 3.67. The summed E-state index contributed by atoms with van der Waals surface area (Å²) in [5, 5.41) is 4.21. The van der Waals surface area contributed by atoms with Crippen molar-refractivity contribution >= 4 is 40.1 Å². The van der Waals surface area contributed by atoms with Gasteiger partial charge in [0.1, 0.15) is 11.6 Å². The number of benzene rings is 3. The second kappa shape index (κ2) is 11.2. The number of fused-ring (bicyclic) bond motifs is 1. The van der Waals surface area contributed by atoms with E-state index in [1.54, 1.807) is 24.3 Å². The maximum absolute atomic E-state index is 12.4. The van der Waals surface area contributed by atoms with E-state index in [2.05, 4.69) is 16.0 Å². The lowest BCUT2D eigenvalue weighted by Crippen LogP contribution is -2.26. The Bertz CT molecular complexity index is 1220. The molecule has 0 saturated heterocycles. The number of hydrogen-bond acceptors (Lipinski definition) is 3. The molecule has 4 aromatic rings. The lowest BCUT2D eigenvalue weighted by Gasteiger charge is -2.11. The molecular weight excluding hydrogens is 457 g/mol. The van der Waals surface area contributed by atoms with Crippen LogP contribution < -0.4 is 10.1 Å². The topological polar surface area (TPSA) is 56.2 Å². The maximum Gasteiger partial charge on any atom is 0.251 e. The zero-order valence-electron chi connectivity index (χ0n) is 18.1. The van der Waals surface area contributed by atoms with Crippen LogP contribution in [0.15, 0.2) is 72.8 Å². The van der Waals surface area contributed by atoms with Gasteiger partial charge in [0.15, 0.2) is 0 Å². The van der Waals surface area contributed by atoms with Crippen molar-refractivity contribution in [3.63, 3.8) is 0 Å². The molecule has 1 N–H and O–H groups in total. The Labute approximate surface area is 203 Å². The van der Waals surface area contributed by atoms with Gasteiger partial charge in [0.05, 0.1) is 22.7 Å². The van der Waals surface area contributed by atoms with E-state index in [1.807, 2.05) is 42.5 Å². The molecule has 1 heterocycles. The van der Waals surface area contributed by atoms with Crippen molar-refractivity contribution in [1.82, 2.24) is 14.9 Å². The smallest absolute Gasteiger partial charge is 0.251 e. The first-order valence-corrected chi connectivity index (χ1v) is 11.7. The summed E-state index contributed by atoms with van der Waals surface area (Å²) in [7, 11) is 0. The predicted molar refractivity (Wildman–Crippen MR) is 133 cm³/mol. The molecule has 33 heavy (non-hydrogen) atoms. The minimum Gasteiger partial charge on any atom is -0.492 e. The molecule has 170 valence electrons. The number of nitrogens with one attached hydrogen (secondary N) is 1. The summed E-state index contributed by atoms with van der Waals surface area (Å²) in [5.41, 5.74) is 2.65. The third-order valence-corrected chi connectivity index (χ3v) is 5.91. The van der Waals surface area contributed by atoms with Crippen LogP contribution in [0.25, 0.3) is 11.0 Å². The first kappa shape index (κ1) is 23.1. The molecular formula is C26H25Cl2N3O2. The van der Waals surface area contributed by atoms with Crippen molar-refractivity contribution in [1.29, 1.82) is 0 Å². The number of hydrogen-bond donors (Lipinski definition) is 1. The summed E-state index contributed by atoms with van der Waals surface area (Å²) in [6.45, 7) is 1.93. The van der Waals surface area contributed by atoms with Gasteiger partial charge in [-0.2, -0.15) is 0 Å². The van der Waals surface area contributed by atoms with Crippen LogP contribution in [0.4, 0.5) is 0 Å². The largest absolute Gasteiger partial charge is 0.492 e. The van der Waals surface area contributed by atoms with Crippen LogP contribution in [0, 0.1) is 0 Å². The molecule has 0 aliphatic heterocycles. The van der Waals surface area contributed by atoms with Gasteiger partial charge in [-0.05, 0) is 61.4 Å². The van der Waals surface area contributed by atoms with Crippen molar-refractivity contribution in [2.45, 2.75) is 25.8 Å². The number of para-hydroxylation sites is 3. The Kier molecular flexibility index (Phi) is 7.87. The van der Waals surface area contributed by atoms with Gasteiger partial charge >= 0.3 is 0 Å². The molecule has 0 saturated carbocycles. The normalized spacial score (nSPS) is 11.0. The molecule has 4 rings (SSSR count). The van der Waals surface area contributed by atoms with Crippen LogP contribution in [0.2, 0.25) is 10.0 Å².